The summed E-state index contributed by atoms with van der Waals surface area (Å²) in [6.07, 6.45) is 1.35. The smallest absolute Gasteiger partial charge is 0.146 e. The molecule has 1 unspecified atom stereocenters. The van der Waals surface area contributed by atoms with Gasteiger partial charge >= 0.3 is 0 Å². The van der Waals surface area contributed by atoms with E-state index in [2.05, 4.69) is 46.3 Å². The van der Waals surface area contributed by atoms with Gasteiger partial charge in [-0.15, -0.1) is 0 Å². The Labute approximate surface area is 110 Å². The molecule has 0 fully saturated rings. The minimum Gasteiger partial charge on any atom is -0.298 e. The highest BCUT2D eigenvalue weighted by Crippen LogP contribution is 2.19. The van der Waals surface area contributed by atoms with Gasteiger partial charge in [-0.1, -0.05) is 65.3 Å². The molecule has 2 heteroatoms. The van der Waals surface area contributed by atoms with E-state index in [1.165, 1.54) is 16.3 Å². The molecule has 0 aromatic heterocycles. The van der Waals surface area contributed by atoms with E-state index < -0.39 is 0 Å². The fraction of sp³-hybridized carbons (Fsp3) is 0.267. The maximum Gasteiger partial charge on any atom is 0.146 e. The largest absolute Gasteiger partial charge is 0.298 e. The molecule has 0 aliphatic heterocycles. The first-order chi connectivity index (χ1) is 8.20. The van der Waals surface area contributed by atoms with Crippen LogP contribution in [0.15, 0.2) is 42.5 Å². The van der Waals surface area contributed by atoms with E-state index in [1.807, 2.05) is 19.1 Å². The lowest BCUT2D eigenvalue weighted by Crippen LogP contribution is -2.15. The van der Waals surface area contributed by atoms with Gasteiger partial charge in [0.1, 0.15) is 5.78 Å². The molecule has 0 spiro atoms. The zero-order valence-electron chi connectivity index (χ0n) is 9.82. The highest BCUT2D eigenvalue weighted by Gasteiger charge is 2.13. The number of fused-ring (bicyclic) bond motifs is 1. The first-order valence-electron chi connectivity index (χ1n) is 5.85. The Bertz CT molecular complexity index is 533. The third kappa shape index (κ3) is 2.95. The molecule has 17 heavy (non-hydrogen) atoms. The molecular weight excluding hydrogens is 276 g/mol. The van der Waals surface area contributed by atoms with Crippen LogP contribution < -0.4 is 0 Å². The fourth-order valence-electron chi connectivity index (χ4n) is 1.91. The first kappa shape index (κ1) is 12.3. The molecule has 0 radical (unpaired) electrons. The molecule has 88 valence electrons. The monoisotopic (exact) mass is 290 g/mol. The van der Waals surface area contributed by atoms with Crippen LogP contribution >= 0.6 is 15.9 Å². The Balaban J connectivity index is 2.22. The summed E-state index contributed by atoms with van der Waals surface area (Å²) in [6, 6.07) is 14.6. The van der Waals surface area contributed by atoms with E-state index in [0.717, 1.165) is 6.42 Å². The van der Waals surface area contributed by atoms with Crippen LogP contribution in [-0.2, 0) is 11.2 Å². The number of hydrogen-bond donors (Lipinski definition) is 0. The van der Waals surface area contributed by atoms with Gasteiger partial charge in [-0.3, -0.25) is 4.79 Å². The van der Waals surface area contributed by atoms with Crippen LogP contribution in [0.4, 0.5) is 0 Å². The molecule has 1 nitrogen and oxygen atoms in total. The van der Waals surface area contributed by atoms with Crippen molar-refractivity contribution in [2.75, 3.05) is 0 Å². The SMILES string of the molecule is CCC(=O)C(Br)Cc1ccc2ccccc2c1. The number of Topliss-reactive ketones (excluding diaryl/α,β-unsaturated/α-hetero) is 1. The maximum absolute atomic E-state index is 11.5. The zero-order valence-corrected chi connectivity index (χ0v) is 11.4. The molecule has 0 saturated heterocycles. The Morgan fingerprint density at radius 2 is 1.88 bits per heavy atom. The van der Waals surface area contributed by atoms with Crippen molar-refractivity contribution in [1.29, 1.82) is 0 Å². The van der Waals surface area contributed by atoms with E-state index in [0.29, 0.717) is 6.42 Å². The second-order valence-electron chi connectivity index (χ2n) is 4.17. The van der Waals surface area contributed by atoms with Gasteiger partial charge in [0.25, 0.3) is 0 Å². The van der Waals surface area contributed by atoms with Gasteiger partial charge in [-0.2, -0.15) is 0 Å². The number of hydrogen-bond acceptors (Lipinski definition) is 1. The average Bonchev–Trinajstić information content (AvgIpc) is 2.37. The van der Waals surface area contributed by atoms with Crippen molar-refractivity contribution < 1.29 is 4.79 Å². The van der Waals surface area contributed by atoms with E-state index in [-0.39, 0.29) is 10.6 Å². The van der Waals surface area contributed by atoms with Crippen molar-refractivity contribution in [3.63, 3.8) is 0 Å². The Kier molecular flexibility index (Phi) is 3.95. The van der Waals surface area contributed by atoms with Crippen molar-refractivity contribution in [3.8, 4) is 0 Å². The third-order valence-electron chi connectivity index (χ3n) is 2.93. The van der Waals surface area contributed by atoms with E-state index in [1.54, 1.807) is 0 Å². The lowest BCUT2D eigenvalue weighted by molar-refractivity contribution is -0.118. The molecule has 0 N–H and O–H groups in total. The topological polar surface area (TPSA) is 17.1 Å². The van der Waals surface area contributed by atoms with Gasteiger partial charge in [0.05, 0.1) is 4.83 Å². The number of ketones is 1. The molecule has 2 rings (SSSR count). The normalized spacial score (nSPS) is 12.6. The molecule has 0 saturated carbocycles. The lowest BCUT2D eigenvalue weighted by Gasteiger charge is -2.08. The summed E-state index contributed by atoms with van der Waals surface area (Å²) >= 11 is 3.45. The van der Waals surface area contributed by atoms with Gasteiger partial charge < -0.3 is 0 Å². The number of carbonyl (C=O) groups is 1. The van der Waals surface area contributed by atoms with Crippen LogP contribution in [-0.4, -0.2) is 10.6 Å². The van der Waals surface area contributed by atoms with Gasteiger partial charge in [0.15, 0.2) is 0 Å². The third-order valence-corrected chi connectivity index (χ3v) is 3.76. The molecule has 2 aromatic rings. The van der Waals surface area contributed by atoms with Gasteiger partial charge in [0, 0.05) is 6.42 Å². The molecular formula is C15H15BrO. The number of rotatable bonds is 4. The van der Waals surface area contributed by atoms with Gasteiger partial charge in [-0.25, -0.2) is 0 Å². The predicted molar refractivity (Wildman–Crippen MR) is 75.7 cm³/mol. The van der Waals surface area contributed by atoms with Crippen molar-refractivity contribution in [1.82, 2.24) is 0 Å². The Morgan fingerprint density at radius 3 is 2.59 bits per heavy atom. The maximum atomic E-state index is 11.5. The van der Waals surface area contributed by atoms with Crippen LogP contribution in [0.1, 0.15) is 18.9 Å². The zero-order chi connectivity index (χ0) is 12.3. The van der Waals surface area contributed by atoms with Crippen molar-refractivity contribution in [2.45, 2.75) is 24.6 Å². The lowest BCUT2D eigenvalue weighted by atomic mass is 10.0. The minimum atomic E-state index is -0.0614. The summed E-state index contributed by atoms with van der Waals surface area (Å²) in [4.78, 5) is 11.5. The molecule has 0 amide bonds. The van der Waals surface area contributed by atoms with Crippen LogP contribution in [0, 0.1) is 0 Å². The molecule has 1 atom stereocenters. The summed E-state index contributed by atoms with van der Waals surface area (Å²) in [7, 11) is 0. The van der Waals surface area contributed by atoms with Gasteiger partial charge in [-0.05, 0) is 22.8 Å². The molecule has 2 aromatic carbocycles. The molecule has 0 aliphatic rings. The second-order valence-corrected chi connectivity index (χ2v) is 5.28. The molecule has 0 aliphatic carbocycles. The van der Waals surface area contributed by atoms with Crippen molar-refractivity contribution in [2.24, 2.45) is 0 Å². The van der Waals surface area contributed by atoms with Crippen LogP contribution in [0.25, 0.3) is 10.8 Å². The van der Waals surface area contributed by atoms with Crippen LogP contribution in [0.5, 0.6) is 0 Å². The Hall–Kier alpha value is -1.15. The fourth-order valence-corrected chi connectivity index (χ4v) is 2.61. The summed E-state index contributed by atoms with van der Waals surface area (Å²) < 4.78 is 0. The first-order valence-corrected chi connectivity index (χ1v) is 6.76. The minimum absolute atomic E-state index is 0.0614. The number of benzene rings is 2. The highest BCUT2D eigenvalue weighted by atomic mass is 79.9. The van der Waals surface area contributed by atoms with E-state index in [4.69, 9.17) is 0 Å². The quantitative estimate of drug-likeness (QED) is 0.774. The van der Waals surface area contributed by atoms with Crippen molar-refractivity contribution in [3.05, 3.63) is 48.0 Å². The summed E-state index contributed by atoms with van der Waals surface area (Å²) in [5.41, 5.74) is 1.20. The number of carbonyl (C=O) groups excluding carboxylic acids is 1. The molecule has 0 heterocycles. The summed E-state index contributed by atoms with van der Waals surface area (Å²) in [5.74, 6) is 0.262. The summed E-state index contributed by atoms with van der Waals surface area (Å²) in [6.45, 7) is 1.90. The van der Waals surface area contributed by atoms with Crippen LogP contribution in [0.3, 0.4) is 0 Å². The van der Waals surface area contributed by atoms with Crippen molar-refractivity contribution >= 4 is 32.5 Å². The van der Waals surface area contributed by atoms with Crippen LogP contribution in [0.2, 0.25) is 0 Å². The van der Waals surface area contributed by atoms with E-state index in [9.17, 15) is 4.79 Å². The van der Waals surface area contributed by atoms with Gasteiger partial charge in [0.2, 0.25) is 0 Å². The highest BCUT2D eigenvalue weighted by molar-refractivity contribution is 9.10. The second kappa shape index (κ2) is 5.46. The average molecular weight is 291 g/mol. The predicted octanol–water partition coefficient (Wildman–Crippen LogP) is 4.12. The number of halogens is 1. The standard InChI is InChI=1S/C15H15BrO/c1-2-15(17)14(16)10-11-7-8-12-5-3-4-6-13(12)9-11/h3-9,14H,2,10H2,1H3. The molecule has 0 bridgehead atoms. The Morgan fingerprint density at radius 1 is 1.18 bits per heavy atom. The number of alkyl halides is 1. The summed E-state index contributed by atoms with van der Waals surface area (Å²) in [5, 5.41) is 2.47. The van der Waals surface area contributed by atoms with E-state index >= 15 is 0 Å².